The van der Waals surface area contributed by atoms with E-state index in [0.717, 1.165) is 6.54 Å². The Labute approximate surface area is 87.3 Å². The molecule has 2 unspecified atom stereocenters. The molecule has 3 heteroatoms. The van der Waals surface area contributed by atoms with Crippen LogP contribution in [0.4, 0.5) is 0 Å². The zero-order valence-corrected chi connectivity index (χ0v) is 9.66. The zero-order valence-electron chi connectivity index (χ0n) is 9.66. The topological polar surface area (TPSA) is 49.5 Å². The Kier molecular flexibility index (Phi) is 3.93. The average molecular weight is 200 g/mol. The minimum Gasteiger partial charge on any atom is -0.388 e. The van der Waals surface area contributed by atoms with Crippen molar-refractivity contribution in [3.05, 3.63) is 0 Å². The van der Waals surface area contributed by atoms with Gasteiger partial charge in [-0.15, -0.1) is 0 Å². The first-order valence-corrected chi connectivity index (χ1v) is 5.63. The second-order valence-electron chi connectivity index (χ2n) is 5.13. The van der Waals surface area contributed by atoms with Gasteiger partial charge in [-0.05, 0) is 32.2 Å². The maximum absolute atomic E-state index is 9.92. The number of hydrogen-bond donors (Lipinski definition) is 2. The van der Waals surface area contributed by atoms with Crippen LogP contribution in [0.3, 0.4) is 0 Å². The first-order chi connectivity index (χ1) is 6.46. The van der Waals surface area contributed by atoms with E-state index in [9.17, 15) is 5.11 Å². The highest BCUT2D eigenvalue weighted by Gasteiger charge is 2.31. The molecule has 1 heterocycles. The van der Waals surface area contributed by atoms with Crippen LogP contribution in [0.15, 0.2) is 0 Å². The average Bonchev–Trinajstić information content (AvgIpc) is 2.51. The molecule has 0 aliphatic carbocycles. The molecule has 0 spiro atoms. The van der Waals surface area contributed by atoms with Gasteiger partial charge >= 0.3 is 0 Å². The van der Waals surface area contributed by atoms with Gasteiger partial charge in [0.1, 0.15) is 0 Å². The lowest BCUT2D eigenvalue weighted by Crippen LogP contribution is -2.48. The monoisotopic (exact) mass is 200 g/mol. The van der Waals surface area contributed by atoms with Crippen molar-refractivity contribution in [2.75, 3.05) is 19.6 Å². The molecule has 2 atom stereocenters. The van der Waals surface area contributed by atoms with Gasteiger partial charge in [-0.25, -0.2) is 0 Å². The fourth-order valence-corrected chi connectivity index (χ4v) is 2.31. The summed E-state index contributed by atoms with van der Waals surface area (Å²) in [6.07, 6.45) is 2.52. The smallest absolute Gasteiger partial charge is 0.0867 e. The van der Waals surface area contributed by atoms with Crippen LogP contribution < -0.4 is 5.73 Å². The van der Waals surface area contributed by atoms with Gasteiger partial charge in [-0.3, -0.25) is 4.90 Å². The fraction of sp³-hybridized carbons (Fsp3) is 1.00. The first-order valence-electron chi connectivity index (χ1n) is 5.63. The molecule has 14 heavy (non-hydrogen) atoms. The van der Waals surface area contributed by atoms with Gasteiger partial charge in [0.25, 0.3) is 0 Å². The quantitative estimate of drug-likeness (QED) is 0.706. The van der Waals surface area contributed by atoms with Gasteiger partial charge in [0.2, 0.25) is 0 Å². The highest BCUT2D eigenvalue weighted by Crippen LogP contribution is 2.25. The van der Waals surface area contributed by atoms with Crippen LogP contribution >= 0.6 is 0 Å². The summed E-state index contributed by atoms with van der Waals surface area (Å²) >= 11 is 0. The van der Waals surface area contributed by atoms with Gasteiger partial charge < -0.3 is 10.8 Å². The van der Waals surface area contributed by atoms with Crippen LogP contribution in [0.5, 0.6) is 0 Å². The molecule has 0 aromatic carbocycles. The number of aliphatic hydroxyl groups is 1. The van der Waals surface area contributed by atoms with Crippen LogP contribution in [-0.2, 0) is 0 Å². The van der Waals surface area contributed by atoms with E-state index < -0.39 is 5.60 Å². The summed E-state index contributed by atoms with van der Waals surface area (Å²) in [6.45, 7) is 8.49. The third-order valence-corrected chi connectivity index (χ3v) is 3.17. The van der Waals surface area contributed by atoms with Crippen molar-refractivity contribution in [2.45, 2.75) is 45.3 Å². The van der Waals surface area contributed by atoms with Crippen LogP contribution in [0.2, 0.25) is 0 Å². The molecule has 3 N–H and O–H groups in total. The van der Waals surface area contributed by atoms with Crippen molar-refractivity contribution >= 4 is 0 Å². The molecule has 0 radical (unpaired) electrons. The normalized spacial score (nSPS) is 28.3. The van der Waals surface area contributed by atoms with Crippen LogP contribution in [0.25, 0.3) is 0 Å². The molecule has 84 valence electrons. The second-order valence-corrected chi connectivity index (χ2v) is 5.13. The van der Waals surface area contributed by atoms with Crippen molar-refractivity contribution in [1.82, 2.24) is 4.90 Å². The standard InChI is InChI=1S/C11H24N2O/c1-9(2)10-5-4-6-13(10)8-11(3,14)7-12/h9-10,14H,4-8,12H2,1-3H3. The summed E-state index contributed by atoms with van der Waals surface area (Å²) in [4.78, 5) is 2.39. The van der Waals surface area contributed by atoms with Crippen molar-refractivity contribution < 1.29 is 5.11 Å². The summed E-state index contributed by atoms with van der Waals surface area (Å²) in [7, 11) is 0. The van der Waals surface area contributed by atoms with E-state index in [1.54, 1.807) is 0 Å². The Hall–Kier alpha value is -0.120. The molecule has 1 aliphatic rings. The number of β-amino-alcohol motifs (C(OH)–C–C–N with tert-alkyl or cyclic N) is 1. The van der Waals surface area contributed by atoms with E-state index in [0.29, 0.717) is 25.0 Å². The van der Waals surface area contributed by atoms with Gasteiger partial charge in [0.05, 0.1) is 5.60 Å². The first kappa shape index (κ1) is 12.0. The summed E-state index contributed by atoms with van der Waals surface area (Å²) in [5.74, 6) is 0.672. The van der Waals surface area contributed by atoms with Gasteiger partial charge in [-0.2, -0.15) is 0 Å². The number of likely N-dealkylation sites (tertiary alicyclic amines) is 1. The van der Waals surface area contributed by atoms with Crippen LogP contribution in [0.1, 0.15) is 33.6 Å². The van der Waals surface area contributed by atoms with E-state index in [1.807, 2.05) is 6.92 Å². The molecule has 0 saturated carbocycles. The molecule has 1 saturated heterocycles. The highest BCUT2D eigenvalue weighted by atomic mass is 16.3. The van der Waals surface area contributed by atoms with Crippen molar-refractivity contribution in [3.63, 3.8) is 0 Å². The van der Waals surface area contributed by atoms with Gasteiger partial charge in [-0.1, -0.05) is 13.8 Å². The largest absolute Gasteiger partial charge is 0.388 e. The van der Waals surface area contributed by atoms with E-state index >= 15 is 0 Å². The SMILES string of the molecule is CC(C)C1CCCN1CC(C)(O)CN. The van der Waals surface area contributed by atoms with E-state index in [-0.39, 0.29) is 0 Å². The molecule has 0 aromatic rings. The van der Waals surface area contributed by atoms with Crippen molar-refractivity contribution in [1.29, 1.82) is 0 Å². The minimum absolute atomic E-state index is 0.342. The summed E-state index contributed by atoms with van der Waals surface area (Å²) in [5.41, 5.74) is 4.80. The molecule has 3 nitrogen and oxygen atoms in total. The van der Waals surface area contributed by atoms with E-state index in [4.69, 9.17) is 5.73 Å². The highest BCUT2D eigenvalue weighted by molar-refractivity contribution is 4.87. The molecule has 1 fully saturated rings. The summed E-state index contributed by atoms with van der Waals surface area (Å²) in [5, 5.41) is 9.92. The predicted molar refractivity (Wildman–Crippen MR) is 59.1 cm³/mol. The fourth-order valence-electron chi connectivity index (χ4n) is 2.31. The maximum Gasteiger partial charge on any atom is 0.0867 e. The van der Waals surface area contributed by atoms with E-state index in [2.05, 4.69) is 18.7 Å². The molecule has 0 bridgehead atoms. The lowest BCUT2D eigenvalue weighted by molar-refractivity contribution is 0.0176. The Bertz CT molecular complexity index is 180. The third kappa shape index (κ3) is 2.94. The van der Waals surface area contributed by atoms with Gasteiger partial charge in [0.15, 0.2) is 0 Å². The zero-order chi connectivity index (χ0) is 10.8. The lowest BCUT2D eigenvalue weighted by atomic mass is 10.00. The number of hydrogen-bond acceptors (Lipinski definition) is 3. The Morgan fingerprint density at radius 1 is 1.57 bits per heavy atom. The molecular formula is C11H24N2O. The summed E-state index contributed by atoms with van der Waals surface area (Å²) in [6, 6.07) is 0.632. The maximum atomic E-state index is 9.92. The number of rotatable bonds is 4. The van der Waals surface area contributed by atoms with Crippen LogP contribution in [-0.4, -0.2) is 41.3 Å². The molecule has 0 aromatic heterocycles. The molecule has 1 rings (SSSR count). The number of nitrogens with two attached hydrogens (primary N) is 1. The third-order valence-electron chi connectivity index (χ3n) is 3.17. The summed E-state index contributed by atoms with van der Waals surface area (Å²) < 4.78 is 0. The van der Waals surface area contributed by atoms with Crippen LogP contribution in [0, 0.1) is 5.92 Å². The molecule has 0 amide bonds. The van der Waals surface area contributed by atoms with Gasteiger partial charge in [0, 0.05) is 19.1 Å². The van der Waals surface area contributed by atoms with Crippen molar-refractivity contribution in [3.8, 4) is 0 Å². The van der Waals surface area contributed by atoms with Crippen molar-refractivity contribution in [2.24, 2.45) is 11.7 Å². The minimum atomic E-state index is -0.725. The number of nitrogens with zero attached hydrogens (tertiary/aromatic N) is 1. The Morgan fingerprint density at radius 2 is 2.21 bits per heavy atom. The lowest BCUT2D eigenvalue weighted by Gasteiger charge is -2.33. The Morgan fingerprint density at radius 3 is 2.71 bits per heavy atom. The predicted octanol–water partition coefficient (Wildman–Crippen LogP) is 0.817. The second kappa shape index (κ2) is 4.60. The molecule has 1 aliphatic heterocycles. The Balaban J connectivity index is 2.51. The van der Waals surface area contributed by atoms with E-state index in [1.165, 1.54) is 12.8 Å². The molecular weight excluding hydrogens is 176 g/mol.